The van der Waals surface area contributed by atoms with E-state index in [1.54, 1.807) is 0 Å². The third-order valence-electron chi connectivity index (χ3n) is 5.57. The number of hydrogen-bond donors (Lipinski definition) is 0. The molecule has 1 saturated heterocycles. The molecule has 0 unspecified atom stereocenters. The van der Waals surface area contributed by atoms with Gasteiger partial charge in [0.1, 0.15) is 17.5 Å². The highest BCUT2D eigenvalue weighted by molar-refractivity contribution is 5.90. The van der Waals surface area contributed by atoms with E-state index >= 15 is 0 Å². The third kappa shape index (κ3) is 6.65. The zero-order valence-electron chi connectivity index (χ0n) is 20.1. The second-order valence-electron chi connectivity index (χ2n) is 9.45. The lowest BCUT2D eigenvalue weighted by atomic mass is 10.0. The Morgan fingerprint density at radius 2 is 1.97 bits per heavy atom. The summed E-state index contributed by atoms with van der Waals surface area (Å²) in [4.78, 5) is 22.9. The van der Waals surface area contributed by atoms with Crippen molar-refractivity contribution >= 4 is 11.9 Å². The Morgan fingerprint density at radius 3 is 2.66 bits per heavy atom. The Bertz CT molecular complexity index is 912. The minimum atomic E-state index is -0.582. The molecule has 174 valence electrons. The number of amidine groups is 1. The Hall–Kier alpha value is -2.70. The van der Waals surface area contributed by atoms with Crippen molar-refractivity contribution in [2.45, 2.75) is 91.2 Å². The van der Waals surface area contributed by atoms with Crippen molar-refractivity contribution in [1.82, 2.24) is 15.0 Å². The molecule has 1 amide bonds. The molecule has 1 aromatic heterocycles. The van der Waals surface area contributed by atoms with E-state index in [4.69, 9.17) is 9.26 Å². The van der Waals surface area contributed by atoms with Crippen molar-refractivity contribution < 1.29 is 14.1 Å². The van der Waals surface area contributed by atoms with Gasteiger partial charge >= 0.3 is 6.09 Å². The van der Waals surface area contributed by atoms with Gasteiger partial charge in [-0.1, -0.05) is 55.6 Å². The molecule has 7 nitrogen and oxygen atoms in total. The number of carbonyl (C=O) groups excluding carboxylic acids is 1. The zero-order valence-corrected chi connectivity index (χ0v) is 20.1. The summed E-state index contributed by atoms with van der Waals surface area (Å²) in [5, 5.41) is 4.21. The maximum atomic E-state index is 12.1. The SMILES string of the molecule is CCCCCCc1ccc(-c2noc([C@@H]3CCCN3/C(C)=N\C(=O)OC(C)(C)C)n2)cc1. The van der Waals surface area contributed by atoms with Crippen molar-refractivity contribution in [1.29, 1.82) is 0 Å². The highest BCUT2D eigenvalue weighted by Crippen LogP contribution is 2.32. The van der Waals surface area contributed by atoms with Crippen LogP contribution in [0.4, 0.5) is 4.79 Å². The van der Waals surface area contributed by atoms with Gasteiger partial charge in [-0.25, -0.2) is 4.79 Å². The summed E-state index contributed by atoms with van der Waals surface area (Å²) < 4.78 is 10.9. The summed E-state index contributed by atoms with van der Waals surface area (Å²) in [5.41, 5.74) is 1.71. The van der Waals surface area contributed by atoms with Crippen LogP contribution in [0.5, 0.6) is 0 Å². The Balaban J connectivity index is 1.65. The summed E-state index contributed by atoms with van der Waals surface area (Å²) in [5.74, 6) is 1.75. The minimum Gasteiger partial charge on any atom is -0.442 e. The van der Waals surface area contributed by atoms with Gasteiger partial charge in [0.2, 0.25) is 11.7 Å². The Morgan fingerprint density at radius 1 is 1.22 bits per heavy atom. The van der Waals surface area contributed by atoms with Gasteiger partial charge < -0.3 is 14.2 Å². The first-order chi connectivity index (χ1) is 15.3. The molecule has 32 heavy (non-hydrogen) atoms. The van der Waals surface area contributed by atoms with Crippen LogP contribution in [0.25, 0.3) is 11.4 Å². The van der Waals surface area contributed by atoms with Gasteiger partial charge in [-0.15, -0.1) is 0 Å². The molecule has 1 fully saturated rings. The van der Waals surface area contributed by atoms with Gasteiger partial charge in [0.15, 0.2) is 0 Å². The molecule has 3 rings (SSSR count). The monoisotopic (exact) mass is 440 g/mol. The van der Waals surface area contributed by atoms with Crippen LogP contribution in [-0.4, -0.2) is 39.1 Å². The van der Waals surface area contributed by atoms with E-state index in [0.29, 0.717) is 17.6 Å². The van der Waals surface area contributed by atoms with Crippen LogP contribution in [0.1, 0.15) is 90.6 Å². The molecule has 0 bridgehead atoms. The van der Waals surface area contributed by atoms with Crippen LogP contribution in [0, 0.1) is 0 Å². The maximum absolute atomic E-state index is 12.1. The lowest BCUT2D eigenvalue weighted by Gasteiger charge is -2.24. The number of aliphatic imine (C=N–C) groups is 1. The minimum absolute atomic E-state index is 0.0831. The number of rotatable bonds is 7. The van der Waals surface area contributed by atoms with E-state index < -0.39 is 11.7 Å². The molecule has 7 heteroatoms. The highest BCUT2D eigenvalue weighted by atomic mass is 16.6. The number of likely N-dealkylation sites (tertiary alicyclic amines) is 1. The lowest BCUT2D eigenvalue weighted by molar-refractivity contribution is 0.0601. The molecule has 1 aliphatic heterocycles. The van der Waals surface area contributed by atoms with Gasteiger partial charge in [0.05, 0.1) is 0 Å². The maximum Gasteiger partial charge on any atom is 0.435 e. The fourth-order valence-electron chi connectivity index (χ4n) is 3.96. The number of aryl methyl sites for hydroxylation is 1. The van der Waals surface area contributed by atoms with Crippen molar-refractivity contribution in [2.75, 3.05) is 6.54 Å². The Kier molecular flexibility index (Phi) is 8.04. The average molecular weight is 441 g/mol. The Labute approximate surface area is 191 Å². The summed E-state index contributed by atoms with van der Waals surface area (Å²) in [6.07, 6.45) is 7.42. The van der Waals surface area contributed by atoms with Crippen LogP contribution in [-0.2, 0) is 11.2 Å². The number of nitrogens with zero attached hydrogens (tertiary/aromatic N) is 4. The summed E-state index contributed by atoms with van der Waals surface area (Å²) >= 11 is 0. The quantitative estimate of drug-likeness (QED) is 0.283. The fourth-order valence-corrected chi connectivity index (χ4v) is 3.96. The first-order valence-electron chi connectivity index (χ1n) is 11.7. The number of ether oxygens (including phenoxy) is 1. The average Bonchev–Trinajstić information content (AvgIpc) is 3.39. The smallest absolute Gasteiger partial charge is 0.435 e. The van der Waals surface area contributed by atoms with Crippen molar-refractivity contribution in [3.63, 3.8) is 0 Å². The standard InChI is InChI=1S/C25H36N4O3/c1-6-7-8-9-11-19-13-15-20(16-14-19)22-27-23(32-28-22)21-12-10-17-29(21)18(2)26-24(30)31-25(3,4)5/h13-16,21H,6-12,17H2,1-5H3/b26-18-/t21-/m0/s1. The van der Waals surface area contributed by atoms with E-state index in [1.807, 2.05) is 32.6 Å². The molecule has 0 saturated carbocycles. The van der Waals surface area contributed by atoms with Crippen molar-refractivity contribution in [3.8, 4) is 11.4 Å². The number of amides is 1. The molecule has 0 radical (unpaired) electrons. The number of aromatic nitrogens is 2. The van der Waals surface area contributed by atoms with Gasteiger partial charge in [-0.2, -0.15) is 9.98 Å². The normalized spacial score (nSPS) is 17.1. The van der Waals surface area contributed by atoms with Crippen LogP contribution in [0.15, 0.2) is 33.8 Å². The number of unbranched alkanes of at least 4 members (excludes halogenated alkanes) is 3. The number of carbonyl (C=O) groups is 1. The molecule has 0 N–H and O–H groups in total. The summed E-state index contributed by atoms with van der Waals surface area (Å²) in [6, 6.07) is 8.34. The molecule has 2 heterocycles. The molecule has 0 aliphatic carbocycles. The molecule has 2 aromatic rings. The molecule has 1 aromatic carbocycles. The molecule has 1 aliphatic rings. The fraction of sp³-hybridized carbons (Fsp3) is 0.600. The van der Waals surface area contributed by atoms with Crippen LogP contribution >= 0.6 is 0 Å². The van der Waals surface area contributed by atoms with E-state index in [0.717, 1.165) is 31.4 Å². The number of benzene rings is 1. The van der Waals surface area contributed by atoms with E-state index in [-0.39, 0.29) is 6.04 Å². The first kappa shape index (κ1) is 24.0. The molecule has 0 spiro atoms. The second-order valence-corrected chi connectivity index (χ2v) is 9.45. The molecular formula is C25H36N4O3. The van der Waals surface area contributed by atoms with Gasteiger partial charge in [-0.05, 0) is 58.9 Å². The predicted molar refractivity (Wildman–Crippen MR) is 126 cm³/mol. The van der Waals surface area contributed by atoms with Gasteiger partial charge in [0.25, 0.3) is 0 Å². The third-order valence-corrected chi connectivity index (χ3v) is 5.57. The zero-order chi connectivity index (χ0) is 23.1. The van der Waals surface area contributed by atoms with Crippen LogP contribution in [0.2, 0.25) is 0 Å². The van der Waals surface area contributed by atoms with E-state index in [9.17, 15) is 4.79 Å². The molecular weight excluding hydrogens is 404 g/mol. The van der Waals surface area contributed by atoms with Gasteiger partial charge in [0, 0.05) is 12.1 Å². The van der Waals surface area contributed by atoms with Crippen LogP contribution < -0.4 is 0 Å². The second kappa shape index (κ2) is 10.7. The number of hydrogen-bond acceptors (Lipinski definition) is 5. The highest BCUT2D eigenvalue weighted by Gasteiger charge is 2.32. The lowest BCUT2D eigenvalue weighted by Crippen LogP contribution is -2.30. The summed E-state index contributed by atoms with van der Waals surface area (Å²) in [7, 11) is 0. The predicted octanol–water partition coefficient (Wildman–Crippen LogP) is 6.35. The first-order valence-corrected chi connectivity index (χ1v) is 11.7. The van der Waals surface area contributed by atoms with Crippen molar-refractivity contribution in [3.05, 3.63) is 35.7 Å². The molecule has 1 atom stereocenters. The van der Waals surface area contributed by atoms with Gasteiger partial charge in [-0.3, -0.25) is 0 Å². The summed E-state index contributed by atoms with van der Waals surface area (Å²) in [6.45, 7) is 10.3. The largest absolute Gasteiger partial charge is 0.442 e. The van der Waals surface area contributed by atoms with Crippen molar-refractivity contribution in [2.24, 2.45) is 4.99 Å². The topological polar surface area (TPSA) is 80.8 Å². The van der Waals surface area contributed by atoms with E-state index in [2.05, 4.69) is 46.3 Å². The van der Waals surface area contributed by atoms with Crippen LogP contribution in [0.3, 0.4) is 0 Å². The van der Waals surface area contributed by atoms with E-state index in [1.165, 1.54) is 31.2 Å².